The summed E-state index contributed by atoms with van der Waals surface area (Å²) >= 11 is 0. The second kappa shape index (κ2) is 6.79. The van der Waals surface area contributed by atoms with Crippen LogP contribution < -0.4 is 10.1 Å². The maximum absolute atomic E-state index is 13.4. The topological polar surface area (TPSA) is 47.0 Å². The zero-order valence-electron chi connectivity index (χ0n) is 11.1. The Kier molecular flexibility index (Phi) is 4.81. The Labute approximate surface area is 115 Å². The predicted molar refractivity (Wildman–Crippen MR) is 71.5 cm³/mol. The molecule has 1 aromatic heterocycles. The van der Waals surface area contributed by atoms with Gasteiger partial charge in [0.05, 0.1) is 18.1 Å². The van der Waals surface area contributed by atoms with Crippen molar-refractivity contribution in [3.8, 4) is 5.75 Å². The van der Waals surface area contributed by atoms with E-state index in [-0.39, 0.29) is 12.4 Å². The number of aromatic nitrogens is 2. The molecule has 0 atom stereocenters. The molecule has 6 heteroatoms. The molecule has 0 bridgehead atoms. The van der Waals surface area contributed by atoms with Crippen LogP contribution in [-0.2, 0) is 6.61 Å². The van der Waals surface area contributed by atoms with Crippen LogP contribution in [-0.4, -0.2) is 16.5 Å². The number of nitrogens with one attached hydrogen (secondary N) is 1. The minimum atomic E-state index is -0.998. The Hall–Kier alpha value is -2.24. The molecule has 0 unspecified atom stereocenters. The molecule has 4 nitrogen and oxygen atoms in total. The van der Waals surface area contributed by atoms with Crippen LogP contribution in [0.1, 0.15) is 19.0 Å². The lowest BCUT2D eigenvalue weighted by molar-refractivity contribution is 0.280. The third-order valence-electron chi connectivity index (χ3n) is 2.55. The fraction of sp³-hybridized carbons (Fsp3) is 0.286. The lowest BCUT2D eigenvalue weighted by Gasteiger charge is -2.08. The highest BCUT2D eigenvalue weighted by atomic mass is 19.2. The summed E-state index contributed by atoms with van der Waals surface area (Å²) in [6.45, 7) is 2.90. The fourth-order valence-corrected chi connectivity index (χ4v) is 1.52. The van der Waals surface area contributed by atoms with Gasteiger partial charge in [-0.1, -0.05) is 13.0 Å². The molecule has 2 aromatic rings. The monoisotopic (exact) mass is 279 g/mol. The van der Waals surface area contributed by atoms with Crippen molar-refractivity contribution in [3.05, 3.63) is 47.9 Å². The molecule has 1 heterocycles. The maximum atomic E-state index is 13.4. The van der Waals surface area contributed by atoms with Crippen molar-refractivity contribution < 1.29 is 13.5 Å². The number of ether oxygens (including phenoxy) is 1. The molecule has 0 saturated carbocycles. The second-order valence-electron chi connectivity index (χ2n) is 4.16. The molecule has 106 valence electrons. The van der Waals surface area contributed by atoms with Gasteiger partial charge >= 0.3 is 0 Å². The normalized spacial score (nSPS) is 10.3. The summed E-state index contributed by atoms with van der Waals surface area (Å²) in [4.78, 5) is 8.28. The summed E-state index contributed by atoms with van der Waals surface area (Å²) in [6.07, 6.45) is 4.11. The van der Waals surface area contributed by atoms with E-state index in [0.29, 0.717) is 11.5 Å². The van der Waals surface area contributed by atoms with E-state index in [1.54, 1.807) is 6.20 Å². The van der Waals surface area contributed by atoms with Crippen LogP contribution in [0.2, 0.25) is 0 Å². The van der Waals surface area contributed by atoms with Crippen molar-refractivity contribution in [2.24, 2.45) is 0 Å². The van der Waals surface area contributed by atoms with Crippen molar-refractivity contribution >= 4 is 5.82 Å². The molecule has 1 N–H and O–H groups in total. The molecular weight excluding hydrogens is 264 g/mol. The van der Waals surface area contributed by atoms with Crippen molar-refractivity contribution in [1.82, 2.24) is 9.97 Å². The van der Waals surface area contributed by atoms with Crippen molar-refractivity contribution in [2.75, 3.05) is 11.9 Å². The van der Waals surface area contributed by atoms with Gasteiger partial charge < -0.3 is 10.1 Å². The summed E-state index contributed by atoms with van der Waals surface area (Å²) in [7, 11) is 0. The molecule has 0 spiro atoms. The van der Waals surface area contributed by atoms with Gasteiger partial charge in [-0.05, 0) is 18.6 Å². The van der Waals surface area contributed by atoms with Crippen molar-refractivity contribution in [1.29, 1.82) is 0 Å². The number of anilines is 1. The molecule has 0 fully saturated rings. The molecule has 0 radical (unpaired) electrons. The summed E-state index contributed by atoms with van der Waals surface area (Å²) in [5.41, 5.74) is 0.538. The van der Waals surface area contributed by atoms with E-state index >= 15 is 0 Å². The minimum absolute atomic E-state index is 0.0292. The lowest BCUT2D eigenvalue weighted by atomic mass is 10.3. The summed E-state index contributed by atoms with van der Waals surface area (Å²) < 4.78 is 31.5. The first-order valence-corrected chi connectivity index (χ1v) is 6.32. The Bertz CT molecular complexity index is 561. The molecule has 20 heavy (non-hydrogen) atoms. The predicted octanol–water partition coefficient (Wildman–Crippen LogP) is 3.16. The Morgan fingerprint density at radius 1 is 1.20 bits per heavy atom. The molecule has 0 aliphatic heterocycles. The standard InChI is InChI=1S/C14H15F2N3O/c1-2-6-17-13-8-18-10(7-19-13)9-20-12-5-3-4-11(15)14(12)16/h3-5,7-8H,2,6,9H2,1H3,(H,17,19). The lowest BCUT2D eigenvalue weighted by Crippen LogP contribution is -2.05. The van der Waals surface area contributed by atoms with Crippen molar-refractivity contribution in [3.63, 3.8) is 0 Å². The van der Waals surface area contributed by atoms with Crippen LogP contribution in [0.25, 0.3) is 0 Å². The van der Waals surface area contributed by atoms with Crippen molar-refractivity contribution in [2.45, 2.75) is 20.0 Å². The molecule has 0 amide bonds. The van der Waals surface area contributed by atoms with E-state index in [2.05, 4.69) is 22.2 Å². The average Bonchev–Trinajstić information content (AvgIpc) is 2.48. The van der Waals surface area contributed by atoms with E-state index in [9.17, 15) is 8.78 Å². The van der Waals surface area contributed by atoms with Crippen LogP contribution in [0.3, 0.4) is 0 Å². The Balaban J connectivity index is 1.95. The van der Waals surface area contributed by atoms with Gasteiger partial charge in [0, 0.05) is 6.54 Å². The Morgan fingerprint density at radius 3 is 2.75 bits per heavy atom. The highest BCUT2D eigenvalue weighted by Gasteiger charge is 2.09. The van der Waals surface area contributed by atoms with Gasteiger partial charge in [0.1, 0.15) is 12.4 Å². The van der Waals surface area contributed by atoms with E-state index in [1.807, 2.05) is 0 Å². The summed E-state index contributed by atoms with van der Waals surface area (Å²) in [5.74, 6) is -1.40. The van der Waals surface area contributed by atoms with Gasteiger partial charge in [0.15, 0.2) is 11.6 Å². The smallest absolute Gasteiger partial charge is 0.200 e. The van der Waals surface area contributed by atoms with Crippen LogP contribution >= 0.6 is 0 Å². The number of nitrogens with zero attached hydrogens (tertiary/aromatic N) is 2. The zero-order chi connectivity index (χ0) is 14.4. The molecular formula is C14H15F2N3O. The first kappa shape index (κ1) is 14.2. The highest BCUT2D eigenvalue weighted by molar-refractivity contribution is 5.31. The summed E-state index contributed by atoms with van der Waals surface area (Å²) in [6, 6.07) is 3.79. The highest BCUT2D eigenvalue weighted by Crippen LogP contribution is 2.19. The maximum Gasteiger partial charge on any atom is 0.200 e. The largest absolute Gasteiger partial charge is 0.484 e. The molecule has 1 aromatic carbocycles. The number of hydrogen-bond acceptors (Lipinski definition) is 4. The third-order valence-corrected chi connectivity index (χ3v) is 2.55. The van der Waals surface area contributed by atoms with Gasteiger partial charge in [-0.25, -0.2) is 9.37 Å². The molecule has 0 aliphatic carbocycles. The van der Waals surface area contributed by atoms with Crippen LogP contribution in [0.15, 0.2) is 30.6 Å². The number of benzene rings is 1. The van der Waals surface area contributed by atoms with E-state index in [1.165, 1.54) is 18.3 Å². The van der Waals surface area contributed by atoms with E-state index < -0.39 is 11.6 Å². The van der Waals surface area contributed by atoms with Crippen LogP contribution in [0.5, 0.6) is 5.75 Å². The average molecular weight is 279 g/mol. The SMILES string of the molecule is CCCNc1cnc(COc2cccc(F)c2F)cn1. The van der Waals surface area contributed by atoms with Gasteiger partial charge in [-0.3, -0.25) is 4.98 Å². The summed E-state index contributed by atoms with van der Waals surface area (Å²) in [5, 5.41) is 3.09. The third kappa shape index (κ3) is 3.63. The first-order valence-electron chi connectivity index (χ1n) is 6.32. The fourth-order valence-electron chi connectivity index (χ4n) is 1.52. The van der Waals surface area contributed by atoms with Gasteiger partial charge in [0.2, 0.25) is 5.82 Å². The van der Waals surface area contributed by atoms with Gasteiger partial charge in [-0.15, -0.1) is 0 Å². The molecule has 0 saturated heterocycles. The molecule has 0 aliphatic rings. The minimum Gasteiger partial charge on any atom is -0.484 e. The Morgan fingerprint density at radius 2 is 2.05 bits per heavy atom. The number of rotatable bonds is 6. The van der Waals surface area contributed by atoms with E-state index in [4.69, 9.17) is 4.74 Å². The first-order chi connectivity index (χ1) is 9.70. The molecule has 2 rings (SSSR count). The van der Waals surface area contributed by atoms with Crippen LogP contribution in [0, 0.1) is 11.6 Å². The zero-order valence-corrected chi connectivity index (χ0v) is 11.1. The van der Waals surface area contributed by atoms with Gasteiger partial charge in [-0.2, -0.15) is 4.39 Å². The quantitative estimate of drug-likeness (QED) is 0.882. The number of hydrogen-bond donors (Lipinski definition) is 1. The van der Waals surface area contributed by atoms with Crippen LogP contribution in [0.4, 0.5) is 14.6 Å². The number of halogens is 2. The second-order valence-corrected chi connectivity index (χ2v) is 4.16. The van der Waals surface area contributed by atoms with E-state index in [0.717, 1.165) is 19.0 Å². The van der Waals surface area contributed by atoms with Gasteiger partial charge in [0.25, 0.3) is 0 Å².